The second-order valence-corrected chi connectivity index (χ2v) is 11.4. The number of hydrazine groups is 1. The van der Waals surface area contributed by atoms with Gasteiger partial charge < -0.3 is 32.6 Å². The molecule has 2 amide bonds. The number of methoxy groups -OCH3 is 1. The van der Waals surface area contributed by atoms with Gasteiger partial charge in [-0.1, -0.05) is 42.5 Å². The first-order chi connectivity index (χ1) is 20.7. The Morgan fingerprint density at radius 2 is 1.81 bits per heavy atom. The molecular weight excluding hydrogens is 548 g/mol. The number of nitrogens with two attached hydrogens (primary N) is 3. The van der Waals surface area contributed by atoms with E-state index in [1.54, 1.807) is 7.11 Å². The first kappa shape index (κ1) is 31.9. The molecular formula is C31H44N8O4. The zero-order valence-corrected chi connectivity index (χ0v) is 24.8. The third-order valence-electron chi connectivity index (χ3n) is 8.09. The van der Waals surface area contributed by atoms with Crippen molar-refractivity contribution in [3.8, 4) is 5.75 Å². The summed E-state index contributed by atoms with van der Waals surface area (Å²) >= 11 is 0. The lowest BCUT2D eigenvalue weighted by Gasteiger charge is -2.45. The van der Waals surface area contributed by atoms with E-state index in [1.165, 1.54) is 0 Å². The fraction of sp³-hybridized carbons (Fsp3) is 0.484. The summed E-state index contributed by atoms with van der Waals surface area (Å²) in [4.78, 5) is 43.7. The van der Waals surface area contributed by atoms with Gasteiger partial charge in [0.15, 0.2) is 5.96 Å². The number of hydrogen-bond donors (Lipinski definition) is 5. The van der Waals surface area contributed by atoms with Crippen molar-refractivity contribution in [3.05, 3.63) is 65.7 Å². The Hall–Kier alpha value is -4.00. The van der Waals surface area contributed by atoms with Crippen LogP contribution in [0, 0.1) is 0 Å². The number of ether oxygens (including phenoxy) is 1. The van der Waals surface area contributed by atoms with E-state index in [9.17, 15) is 14.4 Å². The molecule has 0 radical (unpaired) electrons. The van der Waals surface area contributed by atoms with Gasteiger partial charge in [0, 0.05) is 38.3 Å². The fourth-order valence-corrected chi connectivity index (χ4v) is 5.76. The van der Waals surface area contributed by atoms with Crippen LogP contribution in [-0.4, -0.2) is 91.0 Å². The number of benzene rings is 2. The Labute approximate surface area is 253 Å². The molecule has 2 aromatic rings. The van der Waals surface area contributed by atoms with Crippen LogP contribution in [0.15, 0.2) is 59.6 Å². The lowest BCUT2D eigenvalue weighted by Crippen LogP contribution is -2.64. The molecule has 2 saturated heterocycles. The molecule has 0 bridgehead atoms. The van der Waals surface area contributed by atoms with Crippen molar-refractivity contribution in [3.63, 3.8) is 0 Å². The molecule has 2 aliphatic rings. The van der Waals surface area contributed by atoms with Crippen LogP contribution in [0.25, 0.3) is 0 Å². The number of rotatable bonds is 14. The van der Waals surface area contributed by atoms with Gasteiger partial charge in [-0.2, -0.15) is 0 Å². The van der Waals surface area contributed by atoms with Crippen molar-refractivity contribution >= 4 is 23.6 Å². The van der Waals surface area contributed by atoms with Crippen LogP contribution in [0.4, 0.5) is 0 Å². The van der Waals surface area contributed by atoms with E-state index in [1.807, 2.05) is 47.5 Å². The van der Waals surface area contributed by atoms with Crippen molar-refractivity contribution in [2.45, 2.75) is 56.1 Å². The van der Waals surface area contributed by atoms with Crippen LogP contribution in [0.1, 0.15) is 36.8 Å². The van der Waals surface area contributed by atoms with Crippen molar-refractivity contribution in [2.24, 2.45) is 22.2 Å². The standard InChI is InChI=1S/C31H44N8O4/c1-43-24-11-9-22(10-12-24)13-17-35-29(42)27(40)25(8-5-16-36-30(32)33)37-28(41)26-14-18-38-19-15-31(34,21-39(26)38)20-23-6-3-2-4-7-23/h2-4,6-7,9-12,25-26H,5,8,13-21,34H2,1H3,(H,35,42)(H,37,41)(H4,32,33,36)/t25-,26-,31+/m0/s1. The Kier molecular flexibility index (Phi) is 11.1. The Balaban J connectivity index is 1.37. The highest BCUT2D eigenvalue weighted by molar-refractivity contribution is 6.38. The summed E-state index contributed by atoms with van der Waals surface area (Å²) in [7, 11) is 1.60. The fourth-order valence-electron chi connectivity index (χ4n) is 5.76. The number of carbonyl (C=O) groups is 3. The first-order valence-electron chi connectivity index (χ1n) is 14.8. The molecule has 0 aromatic heterocycles. The number of guanidine groups is 1. The molecule has 0 saturated carbocycles. The minimum atomic E-state index is -1.01. The van der Waals surface area contributed by atoms with Crippen LogP contribution < -0.4 is 32.6 Å². The molecule has 0 aliphatic carbocycles. The number of nitrogens with zero attached hydrogens (tertiary/aromatic N) is 3. The zero-order chi connectivity index (χ0) is 30.8. The molecule has 0 unspecified atom stereocenters. The Morgan fingerprint density at radius 3 is 2.51 bits per heavy atom. The van der Waals surface area contributed by atoms with Gasteiger partial charge in [-0.25, -0.2) is 10.0 Å². The minimum absolute atomic E-state index is 0.0555. The first-order valence-corrected chi connectivity index (χ1v) is 14.8. The molecule has 4 rings (SSSR count). The maximum absolute atomic E-state index is 13.6. The molecule has 2 aliphatic heterocycles. The topological polar surface area (TPSA) is 181 Å². The van der Waals surface area contributed by atoms with E-state index in [2.05, 4.69) is 32.8 Å². The lowest BCUT2D eigenvalue weighted by molar-refractivity contribution is -0.142. The van der Waals surface area contributed by atoms with Crippen molar-refractivity contribution < 1.29 is 19.1 Å². The summed E-state index contributed by atoms with van der Waals surface area (Å²) in [6.45, 7) is 2.56. The summed E-state index contributed by atoms with van der Waals surface area (Å²) in [5, 5.41) is 9.78. The molecule has 8 N–H and O–H groups in total. The molecule has 232 valence electrons. The van der Waals surface area contributed by atoms with E-state index >= 15 is 0 Å². The predicted molar refractivity (Wildman–Crippen MR) is 165 cm³/mol. The van der Waals surface area contributed by atoms with Gasteiger partial charge >= 0.3 is 0 Å². The maximum Gasteiger partial charge on any atom is 0.289 e. The molecule has 2 aromatic carbocycles. The number of aliphatic imine (C=N–C) groups is 1. The van der Waals surface area contributed by atoms with Crippen LogP contribution in [-0.2, 0) is 27.2 Å². The second kappa shape index (κ2) is 14.9. The third-order valence-corrected chi connectivity index (χ3v) is 8.09. The van der Waals surface area contributed by atoms with Gasteiger partial charge in [-0.05, 0) is 61.8 Å². The Bertz CT molecular complexity index is 1270. The summed E-state index contributed by atoms with van der Waals surface area (Å²) in [5.74, 6) is -1.04. The summed E-state index contributed by atoms with van der Waals surface area (Å²) in [6.07, 6.45) is 3.30. The van der Waals surface area contributed by atoms with Crippen molar-refractivity contribution in [1.82, 2.24) is 20.7 Å². The molecule has 0 spiro atoms. The molecule has 3 atom stereocenters. The minimum Gasteiger partial charge on any atom is -0.497 e. The van der Waals surface area contributed by atoms with Gasteiger partial charge in [0.25, 0.3) is 5.91 Å². The van der Waals surface area contributed by atoms with E-state index in [-0.39, 0.29) is 31.4 Å². The maximum atomic E-state index is 13.6. The quantitative estimate of drug-likeness (QED) is 0.0879. The van der Waals surface area contributed by atoms with Crippen molar-refractivity contribution in [1.29, 1.82) is 0 Å². The monoisotopic (exact) mass is 592 g/mol. The number of nitrogens with one attached hydrogen (secondary N) is 2. The van der Waals surface area contributed by atoms with Gasteiger partial charge in [0.2, 0.25) is 11.7 Å². The molecule has 43 heavy (non-hydrogen) atoms. The SMILES string of the molecule is COc1ccc(CCNC(=O)C(=O)[C@H](CCCN=C(N)N)NC(=O)[C@@H]2CCN3CC[C@@](N)(Cc4ccccc4)CN23)cc1. The van der Waals surface area contributed by atoms with Crippen LogP contribution >= 0.6 is 0 Å². The number of amides is 2. The van der Waals surface area contributed by atoms with E-state index in [0.717, 1.165) is 36.4 Å². The normalized spacial score (nSPS) is 20.9. The number of ketones is 1. The molecule has 2 fully saturated rings. The van der Waals surface area contributed by atoms with Crippen molar-refractivity contribution in [2.75, 3.05) is 39.8 Å². The largest absolute Gasteiger partial charge is 0.497 e. The van der Waals surface area contributed by atoms with E-state index in [0.29, 0.717) is 32.2 Å². The Morgan fingerprint density at radius 1 is 1.07 bits per heavy atom. The number of carbonyl (C=O) groups excluding carboxylic acids is 3. The summed E-state index contributed by atoms with van der Waals surface area (Å²) in [6, 6.07) is 16.1. The van der Waals surface area contributed by atoms with Gasteiger partial charge in [-0.3, -0.25) is 19.4 Å². The average Bonchev–Trinajstić information content (AvgIpc) is 3.41. The number of fused-ring (bicyclic) bond motifs is 1. The predicted octanol–water partition coefficient (Wildman–Crippen LogP) is 0.0966. The van der Waals surface area contributed by atoms with E-state index < -0.39 is 29.3 Å². The molecule has 12 heteroatoms. The second-order valence-electron chi connectivity index (χ2n) is 11.4. The van der Waals surface area contributed by atoms with Crippen LogP contribution in [0.2, 0.25) is 0 Å². The van der Waals surface area contributed by atoms with Crippen LogP contribution in [0.5, 0.6) is 5.75 Å². The highest BCUT2D eigenvalue weighted by Crippen LogP contribution is 2.30. The zero-order valence-electron chi connectivity index (χ0n) is 24.8. The van der Waals surface area contributed by atoms with Gasteiger partial charge in [-0.15, -0.1) is 0 Å². The smallest absolute Gasteiger partial charge is 0.289 e. The summed E-state index contributed by atoms with van der Waals surface area (Å²) in [5.41, 5.74) is 19.4. The number of hydrogen-bond acceptors (Lipinski definition) is 8. The molecule has 12 nitrogen and oxygen atoms in total. The van der Waals surface area contributed by atoms with Gasteiger partial charge in [0.1, 0.15) is 11.8 Å². The van der Waals surface area contributed by atoms with Gasteiger partial charge in [0.05, 0.1) is 13.2 Å². The highest BCUT2D eigenvalue weighted by Gasteiger charge is 2.45. The summed E-state index contributed by atoms with van der Waals surface area (Å²) < 4.78 is 5.17. The highest BCUT2D eigenvalue weighted by atomic mass is 16.5. The third kappa shape index (κ3) is 8.99. The number of Topliss-reactive ketones (excluding diaryl/α,β-unsaturated/α-hetero) is 1. The van der Waals surface area contributed by atoms with E-state index in [4.69, 9.17) is 21.9 Å². The average molecular weight is 593 g/mol. The van der Waals surface area contributed by atoms with Crippen LogP contribution in [0.3, 0.4) is 0 Å². The molecule has 2 heterocycles. The lowest BCUT2D eigenvalue weighted by atomic mass is 9.86.